The molecule has 3 unspecified atom stereocenters. The molecule has 0 bridgehead atoms. The molecule has 2 aromatic carbocycles. The van der Waals surface area contributed by atoms with Crippen LogP contribution in [0.1, 0.15) is 64.0 Å². The Labute approximate surface area is 233 Å². The lowest BCUT2D eigenvalue weighted by Gasteiger charge is -2.12. The van der Waals surface area contributed by atoms with Crippen molar-refractivity contribution in [3.63, 3.8) is 0 Å². The third-order valence-corrected chi connectivity index (χ3v) is 6.77. The normalized spacial score (nSPS) is 15.1. The number of rotatable bonds is 11. The Morgan fingerprint density at radius 3 is 2.44 bits per heavy atom. The van der Waals surface area contributed by atoms with Crippen molar-refractivity contribution in [2.75, 3.05) is 38.8 Å². The second-order valence-electron chi connectivity index (χ2n) is 9.79. The molecule has 0 saturated carbocycles. The van der Waals surface area contributed by atoms with Crippen molar-refractivity contribution in [2.24, 2.45) is 5.92 Å². The molecule has 0 aliphatic carbocycles. The SMILES string of the molecule is CCC(C)CCCOCC(C)OC.Cc1ccc(-c2ccc3c(c2)N(C)C(=O)C3C)cc1F.N#CCNC=O. The van der Waals surface area contributed by atoms with Gasteiger partial charge in [0.1, 0.15) is 12.4 Å². The smallest absolute Gasteiger partial charge is 0.234 e. The number of amides is 2. The van der Waals surface area contributed by atoms with Gasteiger partial charge in [-0.15, -0.1) is 0 Å². The lowest BCUT2D eigenvalue weighted by atomic mass is 9.98. The van der Waals surface area contributed by atoms with Crippen LogP contribution in [0.25, 0.3) is 11.1 Å². The predicted molar refractivity (Wildman–Crippen MR) is 154 cm³/mol. The molecule has 1 aliphatic heterocycles. The summed E-state index contributed by atoms with van der Waals surface area (Å²) in [4.78, 5) is 23.0. The Balaban J connectivity index is 0.000000345. The Kier molecular flexibility index (Phi) is 15.7. The van der Waals surface area contributed by atoms with Crippen LogP contribution in [0.4, 0.5) is 10.1 Å². The van der Waals surface area contributed by atoms with Gasteiger partial charge in [-0.3, -0.25) is 9.59 Å². The van der Waals surface area contributed by atoms with Crippen LogP contribution in [0.5, 0.6) is 0 Å². The summed E-state index contributed by atoms with van der Waals surface area (Å²) in [6.07, 6.45) is 4.43. The average Bonchev–Trinajstić information content (AvgIpc) is 3.16. The van der Waals surface area contributed by atoms with Gasteiger partial charge in [0.25, 0.3) is 0 Å². The van der Waals surface area contributed by atoms with Crippen molar-refractivity contribution in [1.82, 2.24) is 5.32 Å². The number of halogens is 1. The summed E-state index contributed by atoms with van der Waals surface area (Å²) in [5, 5.41) is 9.88. The molecular formula is C31H44FN3O4. The fourth-order valence-corrected chi connectivity index (χ4v) is 3.84. The third-order valence-electron chi connectivity index (χ3n) is 6.77. The summed E-state index contributed by atoms with van der Waals surface area (Å²) in [6, 6.07) is 12.8. The molecule has 2 aromatic rings. The van der Waals surface area contributed by atoms with E-state index in [0.29, 0.717) is 12.0 Å². The number of anilines is 1. The van der Waals surface area contributed by atoms with Crippen LogP contribution in [0.15, 0.2) is 36.4 Å². The Bertz CT molecular complexity index is 1070. The van der Waals surface area contributed by atoms with E-state index in [1.165, 1.54) is 25.3 Å². The van der Waals surface area contributed by atoms with Crippen molar-refractivity contribution in [3.8, 4) is 17.2 Å². The quantitative estimate of drug-likeness (QED) is 0.214. The second kappa shape index (κ2) is 18.1. The van der Waals surface area contributed by atoms with Gasteiger partial charge in [0, 0.05) is 26.5 Å². The number of hydrogen-bond acceptors (Lipinski definition) is 5. The Hall–Kier alpha value is -3.28. The van der Waals surface area contributed by atoms with Crippen LogP contribution in [0, 0.1) is 30.0 Å². The number of carbonyl (C=O) groups excluding carboxylic acids is 2. The third kappa shape index (κ3) is 11.2. The van der Waals surface area contributed by atoms with E-state index in [1.54, 1.807) is 38.1 Å². The van der Waals surface area contributed by atoms with Crippen molar-refractivity contribution in [1.29, 1.82) is 5.26 Å². The molecule has 214 valence electrons. The molecule has 2 amide bonds. The summed E-state index contributed by atoms with van der Waals surface area (Å²) >= 11 is 0. The molecule has 1 aliphatic rings. The standard InChI is InChI=1S/C17H16FNO.C11H24O2.C3H4N2O/c1-10-4-5-12(8-15(10)18)13-6-7-14-11(2)17(20)19(3)16(14)9-13;1-5-10(2)7-6-8-13-9-11(3)12-4;4-1-2-5-3-6/h4-9,11H,1-3H3;10-11H,5-9H2,1-4H3;3H,2H2,(H,5,6). The van der Waals surface area contributed by atoms with Gasteiger partial charge in [0.15, 0.2) is 0 Å². The molecular weight excluding hydrogens is 497 g/mol. The van der Waals surface area contributed by atoms with Gasteiger partial charge >= 0.3 is 0 Å². The highest BCUT2D eigenvalue weighted by atomic mass is 19.1. The van der Waals surface area contributed by atoms with Crippen molar-refractivity contribution < 1.29 is 23.5 Å². The maximum absolute atomic E-state index is 13.7. The van der Waals surface area contributed by atoms with Crippen LogP contribution in [0.3, 0.4) is 0 Å². The topological polar surface area (TPSA) is 91.7 Å². The maximum Gasteiger partial charge on any atom is 0.234 e. The van der Waals surface area contributed by atoms with Crippen LogP contribution in [-0.2, 0) is 19.1 Å². The second-order valence-corrected chi connectivity index (χ2v) is 9.79. The number of aryl methyl sites for hydroxylation is 1. The molecule has 0 aromatic heterocycles. The van der Waals surface area contributed by atoms with E-state index >= 15 is 0 Å². The number of benzene rings is 2. The molecule has 1 N–H and O–H groups in total. The van der Waals surface area contributed by atoms with E-state index in [-0.39, 0.29) is 30.3 Å². The summed E-state index contributed by atoms with van der Waals surface area (Å²) < 4.78 is 24.2. The van der Waals surface area contributed by atoms with Crippen LogP contribution in [0.2, 0.25) is 0 Å². The summed E-state index contributed by atoms with van der Waals surface area (Å²) in [7, 11) is 3.50. The summed E-state index contributed by atoms with van der Waals surface area (Å²) in [6.45, 7) is 11.9. The first-order valence-electron chi connectivity index (χ1n) is 13.4. The van der Waals surface area contributed by atoms with Crippen LogP contribution in [-0.4, -0.2) is 52.3 Å². The zero-order chi connectivity index (χ0) is 29.4. The van der Waals surface area contributed by atoms with Gasteiger partial charge in [-0.1, -0.05) is 44.5 Å². The first-order valence-corrected chi connectivity index (χ1v) is 13.4. The lowest BCUT2D eigenvalue weighted by molar-refractivity contribution is -0.118. The molecule has 0 radical (unpaired) electrons. The molecule has 7 nitrogen and oxygen atoms in total. The highest BCUT2D eigenvalue weighted by molar-refractivity contribution is 6.04. The lowest BCUT2D eigenvalue weighted by Crippen LogP contribution is -2.22. The molecule has 3 atom stereocenters. The van der Waals surface area contributed by atoms with Gasteiger partial charge in [0.05, 0.1) is 24.7 Å². The number of methoxy groups -OCH3 is 1. The van der Waals surface area contributed by atoms with E-state index in [0.717, 1.165) is 41.5 Å². The fourth-order valence-electron chi connectivity index (χ4n) is 3.84. The maximum atomic E-state index is 13.7. The van der Waals surface area contributed by atoms with E-state index in [9.17, 15) is 14.0 Å². The zero-order valence-corrected chi connectivity index (χ0v) is 24.4. The van der Waals surface area contributed by atoms with Gasteiger partial charge in [-0.05, 0) is 73.9 Å². The average molecular weight is 542 g/mol. The van der Waals surface area contributed by atoms with Gasteiger partial charge in [0.2, 0.25) is 12.3 Å². The van der Waals surface area contributed by atoms with Crippen LogP contribution < -0.4 is 10.2 Å². The minimum atomic E-state index is -0.208. The van der Waals surface area contributed by atoms with Crippen LogP contribution >= 0.6 is 0 Å². The van der Waals surface area contributed by atoms with E-state index in [4.69, 9.17) is 14.7 Å². The first-order chi connectivity index (χ1) is 18.6. The predicted octanol–water partition coefficient (Wildman–Crippen LogP) is 6.00. The largest absolute Gasteiger partial charge is 0.379 e. The van der Waals surface area contributed by atoms with Gasteiger partial charge in [-0.25, -0.2) is 4.39 Å². The van der Waals surface area contributed by atoms with Gasteiger partial charge < -0.3 is 19.7 Å². The minimum absolute atomic E-state index is 0.0983. The molecule has 0 fully saturated rings. The number of likely N-dealkylation sites (N-methyl/N-ethyl adjacent to an activating group) is 1. The number of carbonyl (C=O) groups is 2. The Morgan fingerprint density at radius 1 is 1.21 bits per heavy atom. The molecule has 0 spiro atoms. The van der Waals surface area contributed by atoms with E-state index in [1.807, 2.05) is 38.1 Å². The molecule has 3 rings (SSSR count). The number of ether oxygens (including phenoxy) is 2. The highest BCUT2D eigenvalue weighted by Crippen LogP contribution is 2.38. The van der Waals surface area contributed by atoms with E-state index < -0.39 is 0 Å². The van der Waals surface area contributed by atoms with E-state index in [2.05, 4.69) is 19.2 Å². The number of nitriles is 1. The Morgan fingerprint density at radius 2 is 1.87 bits per heavy atom. The number of nitrogens with one attached hydrogen (secondary N) is 1. The monoisotopic (exact) mass is 541 g/mol. The number of nitrogens with zero attached hydrogens (tertiary/aromatic N) is 2. The van der Waals surface area contributed by atoms with Crippen molar-refractivity contribution in [2.45, 2.75) is 65.9 Å². The molecule has 1 heterocycles. The van der Waals surface area contributed by atoms with Crippen molar-refractivity contribution >= 4 is 18.0 Å². The molecule has 0 saturated heterocycles. The first kappa shape index (κ1) is 33.7. The fraction of sp³-hybridized carbons (Fsp3) is 0.516. The number of hydrogen-bond donors (Lipinski definition) is 1. The molecule has 39 heavy (non-hydrogen) atoms. The molecule has 8 heteroatoms. The zero-order valence-electron chi connectivity index (χ0n) is 24.4. The van der Waals surface area contributed by atoms with Gasteiger partial charge in [-0.2, -0.15) is 5.26 Å². The summed E-state index contributed by atoms with van der Waals surface area (Å²) in [5.41, 5.74) is 4.35. The number of fused-ring (bicyclic) bond motifs is 1. The minimum Gasteiger partial charge on any atom is -0.379 e. The highest BCUT2D eigenvalue weighted by Gasteiger charge is 2.31. The summed E-state index contributed by atoms with van der Waals surface area (Å²) in [5.74, 6) is 0.635. The van der Waals surface area contributed by atoms with Crippen molar-refractivity contribution in [3.05, 3.63) is 53.3 Å².